The standard InChI is InChI=1S/C37H54O/c1-8-26(2)22-32-24-36(31-17-13-10-14-18-31)25-37(32,38-7)35(6)20-19-28(4)34(35)33(36)23-27(3)21-29(5)30-15-11-9-12-16-30/h9,11-12,15-16,21,28,31-34H,2-3,8,10,13-14,17-20,22-25H2,1,4-7H3/b29-21+/t28?,32?,33-,34?,35?,36?,37?/m0/s1. The Labute approximate surface area is 234 Å². The van der Waals surface area contributed by atoms with Gasteiger partial charge in [-0.1, -0.05) is 101 Å². The summed E-state index contributed by atoms with van der Waals surface area (Å²) in [4.78, 5) is 0. The lowest BCUT2D eigenvalue weighted by Crippen LogP contribution is -2.60. The molecule has 6 unspecified atom stereocenters. The van der Waals surface area contributed by atoms with Gasteiger partial charge in [0.2, 0.25) is 0 Å². The average Bonchev–Trinajstić information content (AvgIpc) is 3.42. The third kappa shape index (κ3) is 4.40. The van der Waals surface area contributed by atoms with Gasteiger partial charge in [-0.05, 0) is 111 Å². The zero-order chi connectivity index (χ0) is 27.1. The van der Waals surface area contributed by atoms with E-state index in [4.69, 9.17) is 11.3 Å². The largest absolute Gasteiger partial charge is 0.377 e. The third-order valence-electron chi connectivity index (χ3n) is 12.4. The second kappa shape index (κ2) is 10.8. The van der Waals surface area contributed by atoms with Crippen LogP contribution in [0.5, 0.6) is 0 Å². The number of fused-ring (bicyclic) bond motifs is 4. The van der Waals surface area contributed by atoms with E-state index in [0.717, 1.165) is 31.1 Å². The van der Waals surface area contributed by atoms with Crippen molar-refractivity contribution >= 4 is 5.57 Å². The molecular formula is C37H54O. The summed E-state index contributed by atoms with van der Waals surface area (Å²) in [6.45, 7) is 19.0. The van der Waals surface area contributed by atoms with Crippen molar-refractivity contribution in [2.24, 2.45) is 40.4 Å². The summed E-state index contributed by atoms with van der Waals surface area (Å²) in [6, 6.07) is 10.9. The monoisotopic (exact) mass is 514 g/mol. The summed E-state index contributed by atoms with van der Waals surface area (Å²) in [6.07, 6.45) is 18.1. The van der Waals surface area contributed by atoms with Crippen LogP contribution in [0.3, 0.4) is 0 Å². The van der Waals surface area contributed by atoms with E-state index in [0.29, 0.717) is 23.2 Å². The number of benzene rings is 1. The second-order valence-electron chi connectivity index (χ2n) is 14.2. The van der Waals surface area contributed by atoms with Gasteiger partial charge in [-0.15, -0.1) is 0 Å². The SMILES string of the molecule is C=C(/C=C(\C)c1ccccc1)C[C@H]1C2C(C)CCC2(C)C2(OC)CC1(C1CCCCC1)CC2CC(=C)CC. The molecule has 7 atom stereocenters. The molecule has 4 fully saturated rings. The van der Waals surface area contributed by atoms with E-state index in [1.807, 2.05) is 0 Å². The van der Waals surface area contributed by atoms with Gasteiger partial charge in [0, 0.05) is 12.5 Å². The Morgan fingerprint density at radius 3 is 2.42 bits per heavy atom. The van der Waals surface area contributed by atoms with E-state index in [1.165, 1.54) is 80.1 Å². The lowest BCUT2D eigenvalue weighted by Gasteiger charge is -2.61. The lowest BCUT2D eigenvalue weighted by molar-refractivity contribution is -0.201. The van der Waals surface area contributed by atoms with Crippen molar-refractivity contribution in [3.05, 3.63) is 66.3 Å². The number of rotatable bonds is 9. The van der Waals surface area contributed by atoms with Crippen LogP contribution < -0.4 is 0 Å². The lowest BCUT2D eigenvalue weighted by atomic mass is 9.46. The Morgan fingerprint density at radius 1 is 1.05 bits per heavy atom. The van der Waals surface area contributed by atoms with Gasteiger partial charge in [-0.25, -0.2) is 0 Å². The van der Waals surface area contributed by atoms with Gasteiger partial charge in [-0.3, -0.25) is 0 Å². The molecule has 1 heteroatoms. The van der Waals surface area contributed by atoms with E-state index < -0.39 is 0 Å². The summed E-state index contributed by atoms with van der Waals surface area (Å²) in [7, 11) is 2.06. The highest BCUT2D eigenvalue weighted by Gasteiger charge is 2.74. The molecule has 5 rings (SSSR count). The quantitative estimate of drug-likeness (QED) is 0.235. The van der Waals surface area contributed by atoms with E-state index >= 15 is 0 Å². The molecule has 1 nitrogen and oxygen atoms in total. The van der Waals surface area contributed by atoms with Crippen molar-refractivity contribution in [2.75, 3.05) is 7.11 Å². The van der Waals surface area contributed by atoms with Crippen LogP contribution in [0.25, 0.3) is 5.57 Å². The fourth-order valence-electron chi connectivity index (χ4n) is 10.7. The number of allylic oxidation sites excluding steroid dienone is 4. The highest BCUT2D eigenvalue weighted by molar-refractivity contribution is 5.66. The van der Waals surface area contributed by atoms with Crippen LogP contribution in [0.2, 0.25) is 0 Å². The molecule has 0 aliphatic heterocycles. The first-order chi connectivity index (χ1) is 18.2. The number of hydrogen-bond acceptors (Lipinski definition) is 1. The maximum absolute atomic E-state index is 6.91. The van der Waals surface area contributed by atoms with Crippen LogP contribution in [-0.4, -0.2) is 12.7 Å². The minimum absolute atomic E-state index is 0.00832. The summed E-state index contributed by atoms with van der Waals surface area (Å²) in [5.41, 5.74) is 6.01. The summed E-state index contributed by atoms with van der Waals surface area (Å²) in [5, 5.41) is 0. The first-order valence-corrected chi connectivity index (χ1v) is 15.8. The fourth-order valence-corrected chi connectivity index (χ4v) is 10.7. The summed E-state index contributed by atoms with van der Waals surface area (Å²) < 4.78 is 6.91. The van der Waals surface area contributed by atoms with Gasteiger partial charge < -0.3 is 4.74 Å². The smallest absolute Gasteiger partial charge is 0.0771 e. The Kier molecular flexibility index (Phi) is 7.91. The Hall–Kier alpha value is -1.60. The molecule has 4 saturated carbocycles. The highest BCUT2D eigenvalue weighted by atomic mass is 16.5. The maximum atomic E-state index is 6.91. The van der Waals surface area contributed by atoms with Crippen LogP contribution in [0.15, 0.2) is 60.7 Å². The molecule has 0 saturated heterocycles. The molecule has 0 N–H and O–H groups in total. The second-order valence-corrected chi connectivity index (χ2v) is 14.2. The van der Waals surface area contributed by atoms with Crippen molar-refractivity contribution in [3.8, 4) is 0 Å². The highest BCUT2D eigenvalue weighted by Crippen LogP contribution is 2.77. The molecule has 208 valence electrons. The number of methoxy groups -OCH3 is 1. The molecule has 0 spiro atoms. The van der Waals surface area contributed by atoms with Gasteiger partial charge in [-0.2, -0.15) is 0 Å². The van der Waals surface area contributed by atoms with Gasteiger partial charge in [0.1, 0.15) is 0 Å². The van der Waals surface area contributed by atoms with Crippen molar-refractivity contribution in [1.82, 2.24) is 0 Å². The Morgan fingerprint density at radius 2 is 1.76 bits per heavy atom. The third-order valence-corrected chi connectivity index (χ3v) is 12.4. The normalized spacial score (nSPS) is 39.2. The maximum Gasteiger partial charge on any atom is 0.0771 e. The molecular weight excluding hydrogens is 460 g/mol. The molecule has 0 radical (unpaired) electrons. The zero-order valence-corrected chi connectivity index (χ0v) is 25.2. The predicted molar refractivity (Wildman–Crippen MR) is 163 cm³/mol. The molecule has 1 aromatic rings. The van der Waals surface area contributed by atoms with Gasteiger partial charge >= 0.3 is 0 Å². The zero-order valence-electron chi connectivity index (χ0n) is 25.2. The van der Waals surface area contributed by atoms with Crippen LogP contribution in [0, 0.1) is 40.4 Å². The van der Waals surface area contributed by atoms with E-state index in [2.05, 4.69) is 77.8 Å². The predicted octanol–water partition coefficient (Wildman–Crippen LogP) is 10.4. The molecule has 2 bridgehead atoms. The van der Waals surface area contributed by atoms with E-state index in [1.54, 1.807) is 0 Å². The van der Waals surface area contributed by atoms with Gasteiger partial charge in [0.15, 0.2) is 0 Å². The van der Waals surface area contributed by atoms with Crippen molar-refractivity contribution < 1.29 is 4.74 Å². The van der Waals surface area contributed by atoms with E-state index in [-0.39, 0.29) is 11.0 Å². The van der Waals surface area contributed by atoms with Crippen molar-refractivity contribution in [1.29, 1.82) is 0 Å². The molecule has 4 aliphatic rings. The molecule has 38 heavy (non-hydrogen) atoms. The molecule has 4 aliphatic carbocycles. The number of hydrogen-bond donors (Lipinski definition) is 0. The minimum Gasteiger partial charge on any atom is -0.377 e. The first-order valence-electron chi connectivity index (χ1n) is 15.8. The first kappa shape index (κ1) is 27.9. The summed E-state index contributed by atoms with van der Waals surface area (Å²) >= 11 is 0. The van der Waals surface area contributed by atoms with Crippen LogP contribution in [-0.2, 0) is 4.74 Å². The topological polar surface area (TPSA) is 9.23 Å². The fraction of sp³-hybridized carbons (Fsp3) is 0.676. The van der Waals surface area contributed by atoms with Crippen LogP contribution in [0.4, 0.5) is 0 Å². The molecule has 0 heterocycles. The van der Waals surface area contributed by atoms with Crippen LogP contribution in [0.1, 0.15) is 110 Å². The van der Waals surface area contributed by atoms with Crippen LogP contribution >= 0.6 is 0 Å². The summed E-state index contributed by atoms with van der Waals surface area (Å²) in [5.74, 6) is 3.59. The van der Waals surface area contributed by atoms with Gasteiger partial charge in [0.05, 0.1) is 5.60 Å². The Bertz CT molecular complexity index is 1040. The molecule has 0 amide bonds. The Balaban J connectivity index is 1.58. The number of ether oxygens (including phenoxy) is 1. The minimum atomic E-state index is -0.00832. The van der Waals surface area contributed by atoms with Crippen molar-refractivity contribution in [3.63, 3.8) is 0 Å². The molecule has 1 aromatic carbocycles. The van der Waals surface area contributed by atoms with Crippen molar-refractivity contribution in [2.45, 2.75) is 110 Å². The van der Waals surface area contributed by atoms with Gasteiger partial charge in [0.25, 0.3) is 0 Å². The van der Waals surface area contributed by atoms with E-state index in [9.17, 15) is 0 Å². The average molecular weight is 515 g/mol. The molecule has 0 aromatic heterocycles.